The lowest BCUT2D eigenvalue weighted by Crippen LogP contribution is -2.25. The van der Waals surface area contributed by atoms with Gasteiger partial charge in [0.25, 0.3) is 5.89 Å². The minimum Gasteiger partial charge on any atom is -0.459 e. The first kappa shape index (κ1) is 14.7. The van der Waals surface area contributed by atoms with E-state index in [1.807, 2.05) is 0 Å². The van der Waals surface area contributed by atoms with E-state index in [1.165, 1.54) is 12.3 Å². The lowest BCUT2D eigenvalue weighted by molar-refractivity contribution is -0.117. The number of nitrogens with one attached hydrogen (secondary N) is 1. The van der Waals surface area contributed by atoms with Crippen LogP contribution < -0.4 is 11.1 Å². The van der Waals surface area contributed by atoms with E-state index in [-0.39, 0.29) is 17.3 Å². The molecule has 3 aromatic rings. The van der Waals surface area contributed by atoms with Crippen molar-refractivity contribution >= 4 is 11.6 Å². The molecule has 118 valence electrons. The van der Waals surface area contributed by atoms with Gasteiger partial charge >= 0.3 is 5.76 Å². The van der Waals surface area contributed by atoms with Crippen LogP contribution in [0.5, 0.6) is 0 Å². The number of halogens is 2. The molecular formula is C14H9F2N3O4. The van der Waals surface area contributed by atoms with E-state index in [0.29, 0.717) is 6.07 Å². The summed E-state index contributed by atoms with van der Waals surface area (Å²) in [4.78, 5) is 23.5. The Bertz CT molecular complexity index is 879. The van der Waals surface area contributed by atoms with E-state index < -0.39 is 29.8 Å². The molecule has 0 unspecified atom stereocenters. The molecule has 0 radical (unpaired) electrons. The summed E-state index contributed by atoms with van der Waals surface area (Å²) in [5.74, 6) is -3.08. The van der Waals surface area contributed by atoms with Gasteiger partial charge in [0.2, 0.25) is 5.91 Å². The SMILES string of the molecule is O=C(Cn1nc(-c2ccco2)oc1=O)Nc1cc(F)cc(F)c1. The van der Waals surface area contributed by atoms with Crippen molar-refractivity contribution in [1.82, 2.24) is 9.78 Å². The van der Waals surface area contributed by atoms with Crippen LogP contribution in [-0.2, 0) is 11.3 Å². The van der Waals surface area contributed by atoms with Gasteiger partial charge in [-0.3, -0.25) is 4.79 Å². The predicted octanol–water partition coefficient (Wildman–Crippen LogP) is 2.01. The summed E-state index contributed by atoms with van der Waals surface area (Å²) in [6.45, 7) is -0.485. The van der Waals surface area contributed by atoms with Crippen molar-refractivity contribution in [2.24, 2.45) is 0 Å². The lowest BCUT2D eigenvalue weighted by atomic mass is 10.3. The molecule has 0 saturated heterocycles. The zero-order valence-corrected chi connectivity index (χ0v) is 11.5. The summed E-state index contributed by atoms with van der Waals surface area (Å²) in [5.41, 5.74) is -0.0738. The van der Waals surface area contributed by atoms with Crippen LogP contribution in [0.3, 0.4) is 0 Å². The van der Waals surface area contributed by atoms with Crippen molar-refractivity contribution in [3.63, 3.8) is 0 Å². The van der Waals surface area contributed by atoms with Gasteiger partial charge < -0.3 is 14.2 Å². The topological polar surface area (TPSA) is 90.3 Å². The van der Waals surface area contributed by atoms with Gasteiger partial charge in [0.05, 0.1) is 6.26 Å². The van der Waals surface area contributed by atoms with Crippen LogP contribution in [0.2, 0.25) is 0 Å². The van der Waals surface area contributed by atoms with E-state index in [4.69, 9.17) is 8.83 Å². The number of carbonyl (C=O) groups is 1. The zero-order valence-electron chi connectivity index (χ0n) is 11.5. The highest BCUT2D eigenvalue weighted by Gasteiger charge is 2.15. The van der Waals surface area contributed by atoms with Gasteiger partial charge in [0, 0.05) is 11.8 Å². The Labute approximate surface area is 127 Å². The smallest absolute Gasteiger partial charge is 0.437 e. The van der Waals surface area contributed by atoms with Crippen LogP contribution in [0.4, 0.5) is 14.5 Å². The number of furan rings is 1. The Balaban J connectivity index is 1.74. The number of anilines is 1. The average molecular weight is 321 g/mol. The van der Waals surface area contributed by atoms with Gasteiger partial charge in [-0.1, -0.05) is 0 Å². The van der Waals surface area contributed by atoms with Crippen molar-refractivity contribution in [3.8, 4) is 11.7 Å². The molecule has 0 saturated carbocycles. The second kappa shape index (κ2) is 5.87. The highest BCUT2D eigenvalue weighted by atomic mass is 19.1. The monoisotopic (exact) mass is 321 g/mol. The van der Waals surface area contributed by atoms with E-state index in [9.17, 15) is 18.4 Å². The molecule has 23 heavy (non-hydrogen) atoms. The average Bonchev–Trinajstić information content (AvgIpc) is 3.08. The fourth-order valence-electron chi connectivity index (χ4n) is 1.87. The molecular weight excluding hydrogens is 312 g/mol. The molecule has 0 aliphatic heterocycles. The van der Waals surface area contributed by atoms with Gasteiger partial charge in [-0.2, -0.15) is 4.68 Å². The maximum atomic E-state index is 13.0. The van der Waals surface area contributed by atoms with Crippen LogP contribution >= 0.6 is 0 Å². The van der Waals surface area contributed by atoms with E-state index in [0.717, 1.165) is 16.8 Å². The lowest BCUT2D eigenvalue weighted by Gasteiger charge is -2.04. The van der Waals surface area contributed by atoms with Crippen molar-refractivity contribution in [1.29, 1.82) is 0 Å². The molecule has 0 bridgehead atoms. The van der Waals surface area contributed by atoms with Crippen LogP contribution in [0.1, 0.15) is 0 Å². The largest absolute Gasteiger partial charge is 0.459 e. The minimum absolute atomic E-state index is 0.0738. The molecule has 2 heterocycles. The van der Waals surface area contributed by atoms with Gasteiger partial charge in [0.15, 0.2) is 5.76 Å². The zero-order chi connectivity index (χ0) is 16.4. The maximum Gasteiger partial charge on any atom is 0.437 e. The number of hydrogen-bond acceptors (Lipinski definition) is 5. The molecule has 7 nitrogen and oxygen atoms in total. The molecule has 2 aromatic heterocycles. The third kappa shape index (κ3) is 3.34. The molecule has 1 amide bonds. The fraction of sp³-hybridized carbons (Fsp3) is 0.0714. The van der Waals surface area contributed by atoms with Crippen molar-refractivity contribution < 1.29 is 22.4 Å². The minimum atomic E-state index is -0.864. The van der Waals surface area contributed by atoms with Gasteiger partial charge in [-0.25, -0.2) is 13.6 Å². The Hall–Kier alpha value is -3.23. The molecule has 1 aromatic carbocycles. The third-order valence-electron chi connectivity index (χ3n) is 2.78. The first-order chi connectivity index (χ1) is 11.0. The van der Waals surface area contributed by atoms with E-state index in [1.54, 1.807) is 6.07 Å². The number of hydrogen-bond donors (Lipinski definition) is 1. The summed E-state index contributed by atoms with van der Waals surface area (Å²) in [7, 11) is 0. The van der Waals surface area contributed by atoms with E-state index >= 15 is 0 Å². The first-order valence-corrected chi connectivity index (χ1v) is 6.39. The van der Waals surface area contributed by atoms with Crippen molar-refractivity contribution in [2.75, 3.05) is 5.32 Å². The molecule has 0 spiro atoms. The van der Waals surface area contributed by atoms with Crippen molar-refractivity contribution in [2.45, 2.75) is 6.54 Å². The quantitative estimate of drug-likeness (QED) is 0.794. The number of carbonyl (C=O) groups excluding carboxylic acids is 1. The third-order valence-corrected chi connectivity index (χ3v) is 2.78. The summed E-state index contributed by atoms with van der Waals surface area (Å²) >= 11 is 0. The maximum absolute atomic E-state index is 13.0. The number of nitrogens with zero attached hydrogens (tertiary/aromatic N) is 2. The molecule has 0 fully saturated rings. The number of aromatic nitrogens is 2. The molecule has 1 N–H and O–H groups in total. The Morgan fingerprint density at radius 2 is 2.00 bits per heavy atom. The molecule has 0 atom stereocenters. The highest BCUT2D eigenvalue weighted by molar-refractivity contribution is 5.90. The van der Waals surface area contributed by atoms with Crippen molar-refractivity contribution in [3.05, 3.63) is 58.8 Å². The Kier molecular flexibility index (Phi) is 3.75. The van der Waals surface area contributed by atoms with Crippen LogP contribution in [0.25, 0.3) is 11.7 Å². The highest BCUT2D eigenvalue weighted by Crippen LogP contribution is 2.15. The second-order valence-electron chi connectivity index (χ2n) is 4.51. The molecule has 0 aliphatic rings. The fourth-order valence-corrected chi connectivity index (χ4v) is 1.87. The van der Waals surface area contributed by atoms with Gasteiger partial charge in [-0.15, -0.1) is 5.10 Å². The van der Waals surface area contributed by atoms with Crippen LogP contribution in [0.15, 0.2) is 50.2 Å². The van der Waals surface area contributed by atoms with Gasteiger partial charge in [-0.05, 0) is 24.3 Å². The second-order valence-corrected chi connectivity index (χ2v) is 4.51. The standard InChI is InChI=1S/C14H9F2N3O4/c15-8-4-9(16)6-10(5-8)17-12(20)7-19-14(21)23-13(18-19)11-2-1-3-22-11/h1-6H,7H2,(H,17,20). The Morgan fingerprint density at radius 3 is 2.65 bits per heavy atom. The Morgan fingerprint density at radius 1 is 1.26 bits per heavy atom. The first-order valence-electron chi connectivity index (χ1n) is 6.39. The summed E-state index contributed by atoms with van der Waals surface area (Å²) in [5, 5.41) is 6.06. The summed E-state index contributed by atoms with van der Waals surface area (Å²) in [6, 6.07) is 5.68. The van der Waals surface area contributed by atoms with E-state index in [2.05, 4.69) is 10.4 Å². The molecule has 3 rings (SSSR count). The number of benzene rings is 1. The normalized spacial score (nSPS) is 10.7. The number of amides is 1. The summed E-state index contributed by atoms with van der Waals surface area (Å²) < 4.78 is 36.7. The number of rotatable bonds is 4. The van der Waals surface area contributed by atoms with Crippen LogP contribution in [-0.4, -0.2) is 15.7 Å². The summed E-state index contributed by atoms with van der Waals surface area (Å²) in [6.07, 6.45) is 1.37. The predicted molar refractivity (Wildman–Crippen MR) is 73.5 cm³/mol. The molecule has 9 heteroatoms. The van der Waals surface area contributed by atoms with Gasteiger partial charge in [0.1, 0.15) is 18.2 Å². The van der Waals surface area contributed by atoms with Crippen LogP contribution in [0, 0.1) is 11.6 Å². The molecule has 0 aliphatic carbocycles.